The van der Waals surface area contributed by atoms with E-state index < -0.39 is 15.8 Å². The van der Waals surface area contributed by atoms with Gasteiger partial charge in [-0.05, 0) is 48.9 Å². The number of sulfonamides is 1. The number of halogens is 1. The average Bonchev–Trinajstić information content (AvgIpc) is 2.73. The molecule has 0 heterocycles. The van der Waals surface area contributed by atoms with Crippen LogP contribution in [0.5, 0.6) is 0 Å². The Morgan fingerprint density at radius 2 is 1.50 bits per heavy atom. The van der Waals surface area contributed by atoms with Crippen molar-refractivity contribution in [3.05, 3.63) is 107 Å². The Balaban J connectivity index is 1.83. The minimum atomic E-state index is -4.10. The van der Waals surface area contributed by atoms with Crippen molar-refractivity contribution in [2.45, 2.75) is 11.8 Å². The number of nitrogens with zero attached hydrogens (tertiary/aromatic N) is 1. The van der Waals surface area contributed by atoms with Crippen molar-refractivity contribution in [2.75, 3.05) is 5.32 Å². The van der Waals surface area contributed by atoms with Gasteiger partial charge in [-0.25, -0.2) is 4.39 Å². The summed E-state index contributed by atoms with van der Waals surface area (Å²) in [5.74, 6) is -0.799. The number of benzene rings is 3. The number of Topliss-reactive ketones (excluding diaryl/α,β-unsaturated/α-hetero) is 1. The first kappa shape index (κ1) is 19.7. The fraction of sp³-hybridized carbons (Fsp3) is 0.0435. The molecular formula is C23H17FN2O3S. The maximum absolute atomic E-state index is 13.2. The van der Waals surface area contributed by atoms with Crippen LogP contribution in [0.1, 0.15) is 21.5 Å². The summed E-state index contributed by atoms with van der Waals surface area (Å²) in [5, 5.41) is 3.09. The number of carbonyl (C=O) groups is 1. The molecule has 0 saturated carbocycles. The topological polar surface area (TPSA) is 75.6 Å². The second-order valence-corrected chi connectivity index (χ2v) is 8.38. The molecule has 0 aliphatic heterocycles. The SMILES string of the molecule is Cc1ccccc1NC1=C/C(=N/S(=O)(=O)c2ccc(F)cc2)c2ccccc2C1=O. The van der Waals surface area contributed by atoms with Crippen molar-refractivity contribution in [3.8, 4) is 0 Å². The predicted molar refractivity (Wildman–Crippen MR) is 114 cm³/mol. The molecule has 3 aromatic rings. The fourth-order valence-corrected chi connectivity index (χ4v) is 4.14. The average molecular weight is 420 g/mol. The van der Waals surface area contributed by atoms with E-state index in [1.165, 1.54) is 6.08 Å². The Hall–Kier alpha value is -3.58. The molecule has 3 aromatic carbocycles. The number of nitrogens with one attached hydrogen (secondary N) is 1. The minimum Gasteiger partial charge on any atom is -0.352 e. The van der Waals surface area contributed by atoms with Gasteiger partial charge >= 0.3 is 0 Å². The molecule has 0 radical (unpaired) electrons. The highest BCUT2D eigenvalue weighted by molar-refractivity contribution is 7.90. The van der Waals surface area contributed by atoms with Crippen LogP contribution in [0.2, 0.25) is 0 Å². The maximum Gasteiger partial charge on any atom is 0.282 e. The van der Waals surface area contributed by atoms with Crippen molar-refractivity contribution in [3.63, 3.8) is 0 Å². The number of para-hydroxylation sites is 1. The zero-order chi connectivity index (χ0) is 21.3. The third-order valence-electron chi connectivity index (χ3n) is 4.72. The largest absolute Gasteiger partial charge is 0.352 e. The first-order chi connectivity index (χ1) is 14.3. The van der Waals surface area contributed by atoms with E-state index in [0.717, 1.165) is 35.5 Å². The number of aryl methyl sites for hydroxylation is 1. The maximum atomic E-state index is 13.2. The van der Waals surface area contributed by atoms with E-state index in [1.807, 2.05) is 31.2 Å². The van der Waals surface area contributed by atoms with Gasteiger partial charge in [0.1, 0.15) is 5.82 Å². The van der Waals surface area contributed by atoms with E-state index >= 15 is 0 Å². The van der Waals surface area contributed by atoms with Gasteiger partial charge in [-0.3, -0.25) is 4.79 Å². The van der Waals surface area contributed by atoms with E-state index in [0.29, 0.717) is 11.1 Å². The van der Waals surface area contributed by atoms with Crippen LogP contribution >= 0.6 is 0 Å². The molecule has 0 spiro atoms. The van der Waals surface area contributed by atoms with E-state index in [4.69, 9.17) is 0 Å². The summed E-state index contributed by atoms with van der Waals surface area (Å²) in [6, 6.07) is 18.6. The summed E-state index contributed by atoms with van der Waals surface area (Å²) < 4.78 is 42.7. The van der Waals surface area contributed by atoms with Crippen LogP contribution in [0.4, 0.5) is 10.1 Å². The third-order valence-corrected chi connectivity index (χ3v) is 6.02. The van der Waals surface area contributed by atoms with Crippen molar-refractivity contribution in [1.29, 1.82) is 0 Å². The summed E-state index contributed by atoms with van der Waals surface area (Å²) in [6.07, 6.45) is 1.43. The smallest absolute Gasteiger partial charge is 0.282 e. The lowest BCUT2D eigenvalue weighted by atomic mass is 9.92. The monoisotopic (exact) mass is 420 g/mol. The highest BCUT2D eigenvalue weighted by Crippen LogP contribution is 2.26. The molecule has 150 valence electrons. The quantitative estimate of drug-likeness (QED) is 0.674. The lowest BCUT2D eigenvalue weighted by Crippen LogP contribution is -2.23. The van der Waals surface area contributed by atoms with Gasteiger partial charge in [-0.15, -0.1) is 0 Å². The fourth-order valence-electron chi connectivity index (χ4n) is 3.14. The van der Waals surface area contributed by atoms with Gasteiger partial charge in [0.15, 0.2) is 0 Å². The number of hydrogen-bond donors (Lipinski definition) is 1. The Bertz CT molecular complexity index is 1310. The highest BCUT2D eigenvalue weighted by atomic mass is 32.2. The standard InChI is InChI=1S/C23H17FN2O3S/c1-15-6-2-5-9-20(15)25-22-14-21(18-7-3-4-8-19(18)23(22)27)26-30(28,29)17-12-10-16(24)11-13-17/h2-14,25H,1H3/b26-21-. The lowest BCUT2D eigenvalue weighted by molar-refractivity contribution is 0.103. The minimum absolute atomic E-state index is 0.130. The molecule has 1 N–H and O–H groups in total. The summed E-state index contributed by atoms with van der Waals surface area (Å²) in [7, 11) is -4.10. The molecule has 0 unspecified atom stereocenters. The molecule has 7 heteroatoms. The van der Waals surface area contributed by atoms with Gasteiger partial charge in [0.05, 0.1) is 16.3 Å². The molecule has 0 saturated heterocycles. The molecule has 0 aromatic heterocycles. The number of allylic oxidation sites excluding steroid dienone is 2. The Kier molecular flexibility index (Phi) is 5.05. The molecule has 0 bridgehead atoms. The number of anilines is 1. The Morgan fingerprint density at radius 3 is 2.20 bits per heavy atom. The second kappa shape index (κ2) is 7.68. The van der Waals surface area contributed by atoms with Crippen LogP contribution in [-0.2, 0) is 10.0 Å². The zero-order valence-corrected chi connectivity index (χ0v) is 16.8. The highest BCUT2D eigenvalue weighted by Gasteiger charge is 2.26. The predicted octanol–water partition coefficient (Wildman–Crippen LogP) is 4.50. The molecule has 0 amide bonds. The van der Waals surface area contributed by atoms with Crippen LogP contribution in [0, 0.1) is 12.7 Å². The molecule has 4 rings (SSSR count). The first-order valence-electron chi connectivity index (χ1n) is 9.14. The van der Waals surface area contributed by atoms with E-state index in [2.05, 4.69) is 9.71 Å². The second-order valence-electron chi connectivity index (χ2n) is 6.78. The summed E-state index contributed by atoms with van der Waals surface area (Å²) in [4.78, 5) is 12.8. The third kappa shape index (κ3) is 3.79. The van der Waals surface area contributed by atoms with Crippen LogP contribution in [-0.4, -0.2) is 19.9 Å². The van der Waals surface area contributed by atoms with Crippen LogP contribution < -0.4 is 5.32 Å². The van der Waals surface area contributed by atoms with Gasteiger partial charge in [-0.2, -0.15) is 12.8 Å². The van der Waals surface area contributed by atoms with Gasteiger partial charge < -0.3 is 5.32 Å². The van der Waals surface area contributed by atoms with Gasteiger partial charge in [0.25, 0.3) is 10.0 Å². The van der Waals surface area contributed by atoms with Gasteiger partial charge in [-0.1, -0.05) is 42.5 Å². The van der Waals surface area contributed by atoms with Crippen molar-refractivity contribution < 1.29 is 17.6 Å². The molecule has 0 fully saturated rings. The van der Waals surface area contributed by atoms with Crippen LogP contribution in [0.3, 0.4) is 0 Å². The summed E-state index contributed by atoms with van der Waals surface area (Å²) in [5.41, 5.74) is 2.79. The number of fused-ring (bicyclic) bond motifs is 1. The number of rotatable bonds is 4. The molecular weight excluding hydrogens is 403 g/mol. The van der Waals surface area contributed by atoms with Crippen molar-refractivity contribution >= 4 is 27.2 Å². The number of ketones is 1. The van der Waals surface area contributed by atoms with Crippen molar-refractivity contribution in [2.24, 2.45) is 4.40 Å². The molecule has 30 heavy (non-hydrogen) atoms. The molecule has 5 nitrogen and oxygen atoms in total. The Morgan fingerprint density at radius 1 is 0.867 bits per heavy atom. The summed E-state index contributed by atoms with van der Waals surface area (Å²) in [6.45, 7) is 1.90. The van der Waals surface area contributed by atoms with Crippen LogP contribution in [0.15, 0.2) is 93.9 Å². The van der Waals surface area contributed by atoms with Gasteiger partial charge in [0.2, 0.25) is 5.78 Å². The lowest BCUT2D eigenvalue weighted by Gasteiger charge is -2.19. The van der Waals surface area contributed by atoms with E-state index in [1.54, 1.807) is 24.3 Å². The van der Waals surface area contributed by atoms with E-state index in [9.17, 15) is 17.6 Å². The number of carbonyl (C=O) groups excluding carboxylic acids is 1. The van der Waals surface area contributed by atoms with Crippen LogP contribution in [0.25, 0.3) is 0 Å². The summed E-state index contributed by atoms with van der Waals surface area (Å²) >= 11 is 0. The van der Waals surface area contributed by atoms with Crippen molar-refractivity contribution in [1.82, 2.24) is 0 Å². The molecule has 1 aliphatic rings. The Labute approximate surface area is 173 Å². The molecule has 1 aliphatic carbocycles. The normalized spacial score (nSPS) is 14.9. The first-order valence-corrected chi connectivity index (χ1v) is 10.6. The zero-order valence-electron chi connectivity index (χ0n) is 16.0. The number of hydrogen-bond acceptors (Lipinski definition) is 4. The van der Waals surface area contributed by atoms with Gasteiger partial charge in [0, 0.05) is 16.8 Å². The van der Waals surface area contributed by atoms with E-state index in [-0.39, 0.29) is 22.1 Å². The molecule has 0 atom stereocenters.